The third kappa shape index (κ3) is 39.7. The number of aliphatic hydroxyl groups is 1. The highest BCUT2D eigenvalue weighted by Gasteiger charge is 2.27. The molecule has 0 rings (SSSR count). The normalized spacial score (nSPS) is 14.8. The highest BCUT2D eigenvalue weighted by atomic mass is 31.2. The maximum absolute atomic E-state index is 12.6. The Morgan fingerprint density at radius 2 is 1.22 bits per heavy atom. The molecule has 0 aliphatic carbocycles. The summed E-state index contributed by atoms with van der Waals surface area (Å²) in [4.78, 5) is 35.3. The summed E-state index contributed by atoms with van der Waals surface area (Å²) < 4.78 is 34.1. The maximum Gasteiger partial charge on any atom is 0.472 e. The molecule has 0 aromatic rings. The van der Waals surface area contributed by atoms with Crippen molar-refractivity contribution in [3.63, 3.8) is 0 Å². The lowest BCUT2D eigenvalue weighted by Crippen LogP contribution is -2.37. The van der Waals surface area contributed by atoms with Gasteiger partial charge in [-0.1, -0.05) is 126 Å². The summed E-state index contributed by atoms with van der Waals surface area (Å²) in [5.74, 6) is -0.919. The maximum atomic E-state index is 12.6. The van der Waals surface area contributed by atoms with Gasteiger partial charge in [-0.15, -0.1) is 0 Å². The van der Waals surface area contributed by atoms with Crippen molar-refractivity contribution in [3.05, 3.63) is 60.8 Å². The van der Waals surface area contributed by atoms with Crippen LogP contribution in [0, 0.1) is 0 Å². The van der Waals surface area contributed by atoms with Gasteiger partial charge in [0, 0.05) is 12.8 Å². The zero-order chi connectivity index (χ0) is 40.9. The summed E-state index contributed by atoms with van der Waals surface area (Å²) in [5.41, 5.74) is 0. The van der Waals surface area contributed by atoms with Crippen LogP contribution >= 0.6 is 7.82 Å². The number of allylic oxidation sites excluding steroid dienone is 8. The van der Waals surface area contributed by atoms with E-state index in [4.69, 9.17) is 18.5 Å². The number of unbranched alkanes of at least 4 members (excludes halogenated alkanes) is 13. The van der Waals surface area contributed by atoms with Crippen LogP contribution in [0.2, 0.25) is 0 Å². The first-order valence-electron chi connectivity index (χ1n) is 21.1. The fourth-order valence-corrected chi connectivity index (χ4v) is 5.94. The molecule has 0 aromatic heterocycles. The Hall–Kier alpha value is -2.33. The van der Waals surface area contributed by atoms with Crippen LogP contribution < -0.4 is 0 Å². The minimum absolute atomic E-state index is 0.00675. The molecule has 0 saturated carbocycles. The smallest absolute Gasteiger partial charge is 0.462 e. The van der Waals surface area contributed by atoms with Gasteiger partial charge < -0.3 is 24.0 Å². The third-order valence-corrected chi connectivity index (χ3v) is 9.58. The minimum atomic E-state index is -4.41. The zero-order valence-corrected chi connectivity index (χ0v) is 36.1. The lowest BCUT2D eigenvalue weighted by molar-refractivity contribution is -0.870. The molecule has 10 nitrogen and oxygen atoms in total. The van der Waals surface area contributed by atoms with Gasteiger partial charge in [0.15, 0.2) is 6.10 Å². The largest absolute Gasteiger partial charge is 0.472 e. The molecule has 0 amide bonds. The van der Waals surface area contributed by atoms with Crippen molar-refractivity contribution < 1.29 is 47.2 Å². The molecule has 0 saturated heterocycles. The van der Waals surface area contributed by atoms with Crippen LogP contribution in [0.4, 0.5) is 0 Å². The monoisotopic (exact) mass is 797 g/mol. The van der Waals surface area contributed by atoms with Gasteiger partial charge in [0.05, 0.1) is 33.9 Å². The van der Waals surface area contributed by atoms with E-state index in [9.17, 15) is 24.2 Å². The second kappa shape index (κ2) is 36.0. The van der Waals surface area contributed by atoms with Crippen molar-refractivity contribution in [2.24, 2.45) is 0 Å². The van der Waals surface area contributed by atoms with Gasteiger partial charge in [-0.2, -0.15) is 0 Å². The fourth-order valence-electron chi connectivity index (χ4n) is 5.20. The molecule has 2 N–H and O–H groups in total. The minimum Gasteiger partial charge on any atom is -0.462 e. The molecule has 318 valence electrons. The molecule has 0 fully saturated rings. The van der Waals surface area contributed by atoms with Crippen molar-refractivity contribution in [2.45, 2.75) is 161 Å². The van der Waals surface area contributed by atoms with E-state index in [-0.39, 0.29) is 26.1 Å². The first kappa shape index (κ1) is 52.7. The number of hydrogen-bond acceptors (Lipinski definition) is 8. The van der Waals surface area contributed by atoms with Crippen LogP contribution in [-0.2, 0) is 32.7 Å². The zero-order valence-electron chi connectivity index (χ0n) is 35.3. The fraction of sp³-hybridized carbons (Fsp3) is 0.727. The quantitative estimate of drug-likeness (QED) is 0.0158. The summed E-state index contributed by atoms with van der Waals surface area (Å²) >= 11 is 0. The van der Waals surface area contributed by atoms with Crippen LogP contribution in [0.3, 0.4) is 0 Å². The summed E-state index contributed by atoms with van der Waals surface area (Å²) in [6, 6.07) is 0. The summed E-state index contributed by atoms with van der Waals surface area (Å²) in [5, 5.41) is 10.0. The second-order valence-corrected chi connectivity index (χ2v) is 16.7. The molecule has 11 heteroatoms. The van der Waals surface area contributed by atoms with E-state index in [0.717, 1.165) is 44.9 Å². The number of nitrogens with zero attached hydrogens (tertiary/aromatic N) is 1. The van der Waals surface area contributed by atoms with E-state index < -0.39 is 38.6 Å². The van der Waals surface area contributed by atoms with E-state index in [0.29, 0.717) is 36.7 Å². The number of carbonyl (C=O) groups excluding carboxylic acids is 2. The van der Waals surface area contributed by atoms with Crippen molar-refractivity contribution >= 4 is 19.8 Å². The number of esters is 2. The van der Waals surface area contributed by atoms with Crippen molar-refractivity contribution in [1.82, 2.24) is 0 Å². The van der Waals surface area contributed by atoms with Crippen LogP contribution in [0.5, 0.6) is 0 Å². The van der Waals surface area contributed by atoms with E-state index in [1.54, 1.807) is 6.08 Å². The summed E-state index contributed by atoms with van der Waals surface area (Å²) in [6.45, 7) is 4.19. The molecule has 3 atom stereocenters. The molecule has 0 spiro atoms. The van der Waals surface area contributed by atoms with Crippen molar-refractivity contribution in [3.8, 4) is 0 Å². The van der Waals surface area contributed by atoms with Crippen LogP contribution in [0.25, 0.3) is 0 Å². The SMILES string of the molecule is CCCCC/C=C\CC(O)/C=C/C=C\C/C=C\CCCC(=O)OC(COC(=O)CCCCCCC/C=C\CCCCCC)COP(=O)(O)OCC[N+](C)(C)C. The molecule has 0 bridgehead atoms. The van der Waals surface area contributed by atoms with E-state index >= 15 is 0 Å². The number of phosphoric acid groups is 1. The van der Waals surface area contributed by atoms with Crippen molar-refractivity contribution in [1.29, 1.82) is 0 Å². The number of hydrogen-bond donors (Lipinski definition) is 2. The first-order chi connectivity index (χ1) is 26.4. The van der Waals surface area contributed by atoms with Crippen LogP contribution in [0.15, 0.2) is 60.8 Å². The Labute approximate surface area is 335 Å². The van der Waals surface area contributed by atoms with Gasteiger partial charge in [0.2, 0.25) is 0 Å². The Morgan fingerprint density at radius 3 is 1.91 bits per heavy atom. The number of likely N-dealkylation sites (N-methyl/N-ethyl adjacent to an activating group) is 1. The van der Waals surface area contributed by atoms with E-state index in [1.165, 1.54) is 51.4 Å². The van der Waals surface area contributed by atoms with Crippen LogP contribution in [0.1, 0.15) is 149 Å². The van der Waals surface area contributed by atoms with E-state index in [2.05, 4.69) is 32.1 Å². The van der Waals surface area contributed by atoms with Crippen LogP contribution in [-0.4, -0.2) is 86.1 Å². The van der Waals surface area contributed by atoms with E-state index in [1.807, 2.05) is 57.6 Å². The van der Waals surface area contributed by atoms with Gasteiger partial charge in [-0.25, -0.2) is 4.57 Å². The topological polar surface area (TPSA) is 129 Å². The molecule has 0 heterocycles. The molecule has 0 aliphatic rings. The Bertz CT molecular complexity index is 1140. The lowest BCUT2D eigenvalue weighted by atomic mass is 10.1. The standard InChI is InChI=1S/C44H78NO9P/c1-6-8-10-12-14-15-16-17-18-19-23-27-31-35-43(47)51-39-42(40-53-55(49,50)52-38-37-45(3,4)5)54-44(48)36-32-28-24-21-20-22-26-30-34-41(46)33-29-25-13-11-9-7-2/h15-16,21-22,24-26,29-30,34,41-42,46H,6-14,17-20,23,27-28,31-33,35-40H2,1-5H3/p+1/b16-15-,24-21-,26-22-,29-25-,34-30+. The molecule has 0 aliphatic heterocycles. The third-order valence-electron chi connectivity index (χ3n) is 8.60. The number of aliphatic hydroxyl groups excluding tert-OH is 1. The first-order valence-corrected chi connectivity index (χ1v) is 22.6. The number of carbonyl (C=O) groups is 2. The van der Waals surface area contributed by atoms with Gasteiger partial charge in [-0.3, -0.25) is 18.6 Å². The highest BCUT2D eigenvalue weighted by molar-refractivity contribution is 7.47. The molecular formula is C44H79NO9P+. The number of ether oxygens (including phenoxy) is 2. The predicted octanol–water partition coefficient (Wildman–Crippen LogP) is 10.7. The highest BCUT2D eigenvalue weighted by Crippen LogP contribution is 2.43. The molecule has 0 aromatic carbocycles. The average molecular weight is 797 g/mol. The van der Waals surface area contributed by atoms with Gasteiger partial charge in [0.25, 0.3) is 0 Å². The Kier molecular flexibility index (Phi) is 34.5. The molecule has 0 radical (unpaired) electrons. The lowest BCUT2D eigenvalue weighted by Gasteiger charge is -2.24. The molecule has 3 unspecified atom stereocenters. The molecular weight excluding hydrogens is 717 g/mol. The average Bonchev–Trinajstić information content (AvgIpc) is 3.13. The summed E-state index contributed by atoms with van der Waals surface area (Å²) in [6.07, 6.45) is 38.7. The number of rotatable bonds is 37. The Morgan fingerprint density at radius 1 is 0.655 bits per heavy atom. The van der Waals surface area contributed by atoms with Gasteiger partial charge in [-0.05, 0) is 70.6 Å². The van der Waals surface area contributed by atoms with Crippen molar-refractivity contribution in [2.75, 3.05) is 47.5 Å². The Balaban J connectivity index is 4.58. The number of phosphoric ester groups is 1. The number of quaternary nitrogens is 1. The second-order valence-electron chi connectivity index (χ2n) is 15.2. The predicted molar refractivity (Wildman–Crippen MR) is 225 cm³/mol. The molecule has 55 heavy (non-hydrogen) atoms. The van der Waals surface area contributed by atoms with Gasteiger partial charge in [0.1, 0.15) is 19.8 Å². The summed E-state index contributed by atoms with van der Waals surface area (Å²) in [7, 11) is 1.39. The van der Waals surface area contributed by atoms with Gasteiger partial charge >= 0.3 is 19.8 Å².